The first-order valence-electron chi connectivity index (χ1n) is 8.32. The lowest BCUT2D eigenvalue weighted by molar-refractivity contribution is 0.302. The van der Waals surface area contributed by atoms with Crippen LogP contribution in [0.4, 0.5) is 0 Å². The van der Waals surface area contributed by atoms with Gasteiger partial charge < -0.3 is 10.1 Å². The highest BCUT2D eigenvalue weighted by Crippen LogP contribution is 2.19. The Morgan fingerprint density at radius 1 is 0.750 bits per heavy atom. The molecule has 0 unspecified atom stereocenters. The maximum absolute atomic E-state index is 6.04. The van der Waals surface area contributed by atoms with Crippen molar-refractivity contribution in [1.82, 2.24) is 5.32 Å². The Bertz CT molecular complexity index is 768. The maximum atomic E-state index is 6.04. The highest BCUT2D eigenvalue weighted by molar-refractivity contribution is 5.34. The molecule has 0 radical (unpaired) electrons. The van der Waals surface area contributed by atoms with Crippen molar-refractivity contribution >= 4 is 0 Å². The van der Waals surface area contributed by atoms with E-state index in [2.05, 4.69) is 72.9 Å². The molecule has 2 nitrogen and oxygen atoms in total. The average molecular weight is 317 g/mol. The predicted octanol–water partition coefficient (Wildman–Crippen LogP) is 4.86. The van der Waals surface area contributed by atoms with Gasteiger partial charge in [0.1, 0.15) is 12.4 Å². The van der Waals surface area contributed by atoms with Gasteiger partial charge in [0.2, 0.25) is 0 Å². The summed E-state index contributed by atoms with van der Waals surface area (Å²) in [6.45, 7) is 4.34. The van der Waals surface area contributed by atoms with Gasteiger partial charge in [-0.1, -0.05) is 78.4 Å². The van der Waals surface area contributed by atoms with Crippen LogP contribution in [0.5, 0.6) is 5.75 Å². The van der Waals surface area contributed by atoms with E-state index >= 15 is 0 Å². The van der Waals surface area contributed by atoms with Crippen LogP contribution >= 0.6 is 0 Å². The molecule has 0 aliphatic heterocycles. The molecule has 3 rings (SSSR count). The molecule has 0 bridgehead atoms. The Balaban J connectivity index is 1.58. The van der Waals surface area contributed by atoms with Crippen molar-refractivity contribution in [2.75, 3.05) is 0 Å². The SMILES string of the molecule is Cc1cccc(COc2ccccc2CNCc2ccccc2)c1. The molecule has 0 aromatic heterocycles. The first kappa shape index (κ1) is 16.3. The number of ether oxygens (including phenoxy) is 1. The van der Waals surface area contributed by atoms with Crippen molar-refractivity contribution < 1.29 is 4.74 Å². The third kappa shape index (κ3) is 4.71. The second-order valence-electron chi connectivity index (χ2n) is 5.97. The van der Waals surface area contributed by atoms with Crippen molar-refractivity contribution in [2.24, 2.45) is 0 Å². The van der Waals surface area contributed by atoms with Crippen LogP contribution in [-0.2, 0) is 19.7 Å². The minimum Gasteiger partial charge on any atom is -0.489 e. The molecule has 0 spiro atoms. The Kier molecular flexibility index (Phi) is 5.65. The van der Waals surface area contributed by atoms with E-state index in [1.54, 1.807) is 0 Å². The van der Waals surface area contributed by atoms with Crippen molar-refractivity contribution in [1.29, 1.82) is 0 Å². The summed E-state index contributed by atoms with van der Waals surface area (Å²) in [5.41, 5.74) is 4.92. The molecule has 0 amide bonds. The lowest BCUT2D eigenvalue weighted by atomic mass is 10.1. The van der Waals surface area contributed by atoms with Crippen molar-refractivity contribution in [3.63, 3.8) is 0 Å². The van der Waals surface area contributed by atoms with E-state index < -0.39 is 0 Å². The molecule has 0 aliphatic rings. The zero-order valence-electron chi connectivity index (χ0n) is 14.0. The van der Waals surface area contributed by atoms with Crippen molar-refractivity contribution in [3.8, 4) is 5.75 Å². The van der Waals surface area contributed by atoms with Crippen LogP contribution in [0.3, 0.4) is 0 Å². The molecule has 2 heteroatoms. The van der Waals surface area contributed by atoms with Crippen LogP contribution in [0, 0.1) is 6.92 Å². The number of nitrogens with one attached hydrogen (secondary N) is 1. The summed E-state index contributed by atoms with van der Waals surface area (Å²) in [4.78, 5) is 0. The fourth-order valence-electron chi connectivity index (χ4n) is 2.69. The standard InChI is InChI=1S/C22H23NO/c1-18-8-7-11-20(14-18)17-24-22-13-6-5-12-21(22)16-23-15-19-9-3-2-4-10-19/h2-14,23H,15-17H2,1H3. The molecule has 3 aromatic carbocycles. The van der Waals surface area contributed by atoms with Crippen LogP contribution in [0.2, 0.25) is 0 Å². The largest absolute Gasteiger partial charge is 0.489 e. The zero-order valence-corrected chi connectivity index (χ0v) is 14.0. The van der Waals surface area contributed by atoms with E-state index in [0.29, 0.717) is 6.61 Å². The van der Waals surface area contributed by atoms with Crippen LogP contribution in [0.1, 0.15) is 22.3 Å². The van der Waals surface area contributed by atoms with Gasteiger partial charge in [0.05, 0.1) is 0 Å². The van der Waals surface area contributed by atoms with E-state index in [1.165, 1.54) is 22.3 Å². The van der Waals surface area contributed by atoms with Gasteiger partial charge in [-0.05, 0) is 24.1 Å². The summed E-state index contributed by atoms with van der Waals surface area (Å²) in [7, 11) is 0. The van der Waals surface area contributed by atoms with Gasteiger partial charge in [-0.25, -0.2) is 0 Å². The normalized spacial score (nSPS) is 10.5. The van der Waals surface area contributed by atoms with Gasteiger partial charge in [-0.3, -0.25) is 0 Å². The molecular weight excluding hydrogens is 294 g/mol. The number of hydrogen-bond donors (Lipinski definition) is 1. The average Bonchev–Trinajstić information content (AvgIpc) is 2.62. The van der Waals surface area contributed by atoms with E-state index in [-0.39, 0.29) is 0 Å². The lowest BCUT2D eigenvalue weighted by Gasteiger charge is -2.12. The Hall–Kier alpha value is -2.58. The van der Waals surface area contributed by atoms with Gasteiger partial charge in [0.15, 0.2) is 0 Å². The summed E-state index contributed by atoms with van der Waals surface area (Å²) < 4.78 is 6.04. The summed E-state index contributed by atoms with van der Waals surface area (Å²) in [6.07, 6.45) is 0. The first-order valence-corrected chi connectivity index (χ1v) is 8.32. The van der Waals surface area contributed by atoms with Crippen LogP contribution in [-0.4, -0.2) is 0 Å². The van der Waals surface area contributed by atoms with E-state index in [9.17, 15) is 0 Å². The van der Waals surface area contributed by atoms with E-state index in [4.69, 9.17) is 4.74 Å². The molecule has 0 saturated heterocycles. The summed E-state index contributed by atoms with van der Waals surface area (Å²) in [5, 5.41) is 3.49. The minimum absolute atomic E-state index is 0.595. The molecule has 0 atom stereocenters. The second-order valence-corrected chi connectivity index (χ2v) is 5.97. The highest BCUT2D eigenvalue weighted by Gasteiger charge is 2.03. The number of para-hydroxylation sites is 1. The highest BCUT2D eigenvalue weighted by atomic mass is 16.5. The third-order valence-electron chi connectivity index (χ3n) is 3.94. The summed E-state index contributed by atoms with van der Waals surface area (Å²) >= 11 is 0. The quantitative estimate of drug-likeness (QED) is 0.671. The van der Waals surface area contributed by atoms with Crippen LogP contribution in [0.25, 0.3) is 0 Å². The predicted molar refractivity (Wildman–Crippen MR) is 98.9 cm³/mol. The molecular formula is C22H23NO. The third-order valence-corrected chi connectivity index (χ3v) is 3.94. The fraction of sp³-hybridized carbons (Fsp3) is 0.182. The Morgan fingerprint density at radius 2 is 1.50 bits per heavy atom. The van der Waals surface area contributed by atoms with Gasteiger partial charge in [0.25, 0.3) is 0 Å². The fourth-order valence-corrected chi connectivity index (χ4v) is 2.69. The molecule has 3 aromatic rings. The van der Waals surface area contributed by atoms with Gasteiger partial charge in [0, 0.05) is 18.7 Å². The van der Waals surface area contributed by atoms with Crippen LogP contribution < -0.4 is 10.1 Å². The van der Waals surface area contributed by atoms with E-state index in [1.807, 2.05) is 18.2 Å². The van der Waals surface area contributed by atoms with Gasteiger partial charge >= 0.3 is 0 Å². The molecule has 0 heterocycles. The number of hydrogen-bond acceptors (Lipinski definition) is 2. The monoisotopic (exact) mass is 317 g/mol. The topological polar surface area (TPSA) is 21.3 Å². The van der Waals surface area contributed by atoms with Gasteiger partial charge in [-0.2, -0.15) is 0 Å². The molecule has 0 aliphatic carbocycles. The first-order chi connectivity index (χ1) is 11.8. The zero-order chi connectivity index (χ0) is 16.6. The Morgan fingerprint density at radius 3 is 2.33 bits per heavy atom. The second kappa shape index (κ2) is 8.32. The van der Waals surface area contributed by atoms with Crippen LogP contribution in [0.15, 0.2) is 78.9 Å². The summed E-state index contributed by atoms with van der Waals surface area (Å²) in [5.74, 6) is 0.944. The molecule has 24 heavy (non-hydrogen) atoms. The van der Waals surface area contributed by atoms with Crippen molar-refractivity contribution in [2.45, 2.75) is 26.6 Å². The number of aryl methyl sites for hydroxylation is 1. The minimum atomic E-state index is 0.595. The lowest BCUT2D eigenvalue weighted by Crippen LogP contribution is -2.13. The number of benzene rings is 3. The van der Waals surface area contributed by atoms with E-state index in [0.717, 1.165) is 18.8 Å². The molecule has 122 valence electrons. The molecule has 1 N–H and O–H groups in total. The Labute approximate surface area is 144 Å². The number of rotatable bonds is 7. The van der Waals surface area contributed by atoms with Gasteiger partial charge in [-0.15, -0.1) is 0 Å². The smallest absolute Gasteiger partial charge is 0.124 e. The van der Waals surface area contributed by atoms with Crippen molar-refractivity contribution in [3.05, 3.63) is 101 Å². The maximum Gasteiger partial charge on any atom is 0.124 e. The molecule has 0 fully saturated rings. The molecule has 0 saturated carbocycles. The summed E-state index contributed by atoms with van der Waals surface area (Å²) in [6, 6.07) is 27.1.